The van der Waals surface area contributed by atoms with Crippen LogP contribution in [-0.2, 0) is 0 Å². The lowest BCUT2D eigenvalue weighted by molar-refractivity contribution is -0.387. The van der Waals surface area contributed by atoms with Crippen molar-refractivity contribution in [2.75, 3.05) is 12.9 Å². The molecule has 1 heterocycles. The Balaban J connectivity index is 3.01. The Morgan fingerprint density at radius 2 is 2.21 bits per heavy atom. The van der Waals surface area contributed by atoms with E-state index in [2.05, 4.69) is 14.7 Å². The second kappa shape index (κ2) is 7.14. The van der Waals surface area contributed by atoms with E-state index in [0.717, 1.165) is 16.7 Å². The van der Waals surface area contributed by atoms with E-state index in [9.17, 15) is 14.9 Å². The average Bonchev–Trinajstić information content (AvgIpc) is 2.37. The zero-order valence-electron chi connectivity index (χ0n) is 10.5. The highest BCUT2D eigenvalue weighted by Crippen LogP contribution is 2.27. The van der Waals surface area contributed by atoms with Crippen LogP contribution in [0.15, 0.2) is 0 Å². The Morgan fingerprint density at radius 3 is 2.74 bits per heavy atom. The van der Waals surface area contributed by atoms with Crippen molar-refractivity contribution in [3.8, 4) is 5.88 Å². The predicted octanol–water partition coefficient (Wildman–Crippen LogP) is 1.75. The average molecular weight is 304 g/mol. The Bertz CT molecular complexity index is 497. The molecule has 0 fully saturated rings. The predicted molar refractivity (Wildman–Crippen MR) is 73.2 cm³/mol. The van der Waals surface area contributed by atoms with E-state index in [1.165, 1.54) is 24.8 Å². The van der Waals surface area contributed by atoms with Gasteiger partial charge in [0.1, 0.15) is 5.69 Å². The fraction of sp³-hybridized carbons (Fsp3) is 0.444. The summed E-state index contributed by atoms with van der Waals surface area (Å²) in [6, 6.07) is 0. The van der Waals surface area contributed by atoms with Crippen LogP contribution in [0.25, 0.3) is 0 Å². The summed E-state index contributed by atoms with van der Waals surface area (Å²) in [6.07, 6.45) is 0. The molecule has 0 radical (unpaired) electrons. The van der Waals surface area contributed by atoms with Crippen molar-refractivity contribution in [1.82, 2.24) is 14.7 Å². The standard InChI is InChI=1S/C9H12N4O4S2/c1-4-18-19-12-8(14)7-10-5(2)6(13(15)16)9(11-7)17-3/h4H2,1-3H3,(H,12,14). The number of amides is 1. The Kier molecular flexibility index (Phi) is 5.83. The van der Waals surface area contributed by atoms with Crippen LogP contribution < -0.4 is 9.46 Å². The summed E-state index contributed by atoms with van der Waals surface area (Å²) in [6.45, 7) is 3.37. The van der Waals surface area contributed by atoms with E-state index in [4.69, 9.17) is 4.74 Å². The second-order valence-corrected chi connectivity index (χ2v) is 5.56. The maximum atomic E-state index is 11.7. The molecule has 10 heteroatoms. The summed E-state index contributed by atoms with van der Waals surface area (Å²) in [7, 11) is 3.84. The molecule has 1 aromatic rings. The lowest BCUT2D eigenvalue weighted by atomic mass is 10.3. The van der Waals surface area contributed by atoms with Gasteiger partial charge in [-0.1, -0.05) is 17.7 Å². The quantitative estimate of drug-likeness (QED) is 0.278. The monoisotopic (exact) mass is 304 g/mol. The summed E-state index contributed by atoms with van der Waals surface area (Å²) < 4.78 is 7.34. The number of nitrogens with zero attached hydrogens (tertiary/aromatic N) is 3. The summed E-state index contributed by atoms with van der Waals surface area (Å²) in [5.74, 6) is -0.0868. The molecule has 0 aliphatic rings. The largest absolute Gasteiger partial charge is 0.476 e. The van der Waals surface area contributed by atoms with Crippen LogP contribution in [-0.4, -0.2) is 33.7 Å². The minimum atomic E-state index is -0.641. The summed E-state index contributed by atoms with van der Waals surface area (Å²) in [4.78, 5) is 29.5. The lowest BCUT2D eigenvalue weighted by Crippen LogP contribution is -2.19. The smallest absolute Gasteiger partial charge is 0.351 e. The van der Waals surface area contributed by atoms with Crippen molar-refractivity contribution in [2.24, 2.45) is 0 Å². The number of aromatic nitrogens is 2. The number of nitro groups is 1. The summed E-state index contributed by atoms with van der Waals surface area (Å²) in [5.41, 5.74) is -0.259. The molecule has 19 heavy (non-hydrogen) atoms. The van der Waals surface area contributed by atoms with Gasteiger partial charge in [0.05, 0.1) is 12.0 Å². The van der Waals surface area contributed by atoms with E-state index in [1.807, 2.05) is 6.92 Å². The molecular formula is C9H12N4O4S2. The van der Waals surface area contributed by atoms with Gasteiger partial charge in [-0.25, -0.2) is 4.98 Å². The molecule has 0 aromatic carbocycles. The first-order valence-electron chi connectivity index (χ1n) is 5.17. The number of methoxy groups -OCH3 is 1. The molecule has 0 spiro atoms. The van der Waals surface area contributed by atoms with E-state index in [0.29, 0.717) is 0 Å². The molecule has 8 nitrogen and oxygen atoms in total. The van der Waals surface area contributed by atoms with Gasteiger partial charge < -0.3 is 4.74 Å². The molecule has 0 bridgehead atoms. The molecule has 0 atom stereocenters. The number of aryl methyl sites for hydroxylation is 1. The topological polar surface area (TPSA) is 107 Å². The van der Waals surface area contributed by atoms with Crippen molar-refractivity contribution >= 4 is 33.4 Å². The maximum absolute atomic E-state index is 11.7. The molecule has 0 saturated carbocycles. The second-order valence-electron chi connectivity index (χ2n) is 3.17. The van der Waals surface area contributed by atoms with Crippen LogP contribution in [0.1, 0.15) is 23.2 Å². The van der Waals surface area contributed by atoms with Crippen LogP contribution in [0.4, 0.5) is 5.69 Å². The molecule has 1 aromatic heterocycles. The summed E-state index contributed by atoms with van der Waals surface area (Å²) in [5, 5.41) is 10.8. The van der Waals surface area contributed by atoms with Crippen LogP contribution in [0.2, 0.25) is 0 Å². The molecular weight excluding hydrogens is 292 g/mol. The molecule has 1 amide bonds. The lowest BCUT2D eigenvalue weighted by Gasteiger charge is -2.06. The molecule has 1 rings (SSSR count). The number of carbonyl (C=O) groups excluding carboxylic acids is 1. The fourth-order valence-corrected chi connectivity index (χ4v) is 2.27. The Morgan fingerprint density at radius 1 is 1.53 bits per heavy atom. The first-order chi connectivity index (χ1) is 9.01. The van der Waals surface area contributed by atoms with Crippen LogP contribution >= 0.6 is 21.8 Å². The molecule has 0 aliphatic carbocycles. The van der Waals surface area contributed by atoms with Gasteiger partial charge in [0.2, 0.25) is 5.82 Å². The van der Waals surface area contributed by atoms with Gasteiger partial charge in [-0.2, -0.15) is 4.98 Å². The minimum absolute atomic E-state index is 0.0788. The van der Waals surface area contributed by atoms with Crippen molar-refractivity contribution in [1.29, 1.82) is 0 Å². The number of nitrogens with one attached hydrogen (secondary N) is 1. The number of rotatable bonds is 6. The van der Waals surface area contributed by atoms with E-state index in [1.54, 1.807) is 0 Å². The van der Waals surface area contributed by atoms with Crippen molar-refractivity contribution in [3.05, 3.63) is 21.6 Å². The molecule has 0 unspecified atom stereocenters. The zero-order valence-corrected chi connectivity index (χ0v) is 12.1. The highest BCUT2D eigenvalue weighted by molar-refractivity contribution is 8.76. The molecule has 0 saturated heterocycles. The number of hydrogen-bond acceptors (Lipinski definition) is 8. The highest BCUT2D eigenvalue weighted by atomic mass is 33.1. The maximum Gasteiger partial charge on any atom is 0.351 e. The third kappa shape index (κ3) is 3.96. The van der Waals surface area contributed by atoms with Crippen LogP contribution in [0.5, 0.6) is 5.88 Å². The van der Waals surface area contributed by atoms with Crippen molar-refractivity contribution < 1.29 is 14.5 Å². The van der Waals surface area contributed by atoms with E-state index in [-0.39, 0.29) is 23.1 Å². The van der Waals surface area contributed by atoms with Crippen LogP contribution in [0.3, 0.4) is 0 Å². The first-order valence-corrected chi connectivity index (χ1v) is 7.49. The third-order valence-electron chi connectivity index (χ3n) is 1.92. The SMILES string of the molecule is CCSSNC(=O)c1nc(C)c([N+](=O)[O-])c(OC)n1. The third-order valence-corrected chi connectivity index (χ3v) is 3.85. The number of ether oxygens (including phenoxy) is 1. The van der Waals surface area contributed by atoms with Gasteiger partial charge in [-0.15, -0.1) is 0 Å². The van der Waals surface area contributed by atoms with Crippen LogP contribution in [0, 0.1) is 17.0 Å². The van der Waals surface area contributed by atoms with Gasteiger partial charge in [0, 0.05) is 16.7 Å². The molecule has 1 N–H and O–H groups in total. The number of hydrogen-bond donors (Lipinski definition) is 1. The Hall–Kier alpha value is -1.55. The van der Waals surface area contributed by atoms with E-state index >= 15 is 0 Å². The van der Waals surface area contributed by atoms with Crippen molar-refractivity contribution in [3.63, 3.8) is 0 Å². The van der Waals surface area contributed by atoms with E-state index < -0.39 is 10.8 Å². The van der Waals surface area contributed by atoms with Gasteiger partial charge in [-0.05, 0) is 6.92 Å². The van der Waals surface area contributed by atoms with Gasteiger partial charge in [-0.3, -0.25) is 19.6 Å². The van der Waals surface area contributed by atoms with Gasteiger partial charge in [0.15, 0.2) is 0 Å². The normalized spacial score (nSPS) is 10.1. The number of carbonyl (C=O) groups is 1. The molecule has 0 aliphatic heterocycles. The summed E-state index contributed by atoms with van der Waals surface area (Å²) >= 11 is 0. The zero-order chi connectivity index (χ0) is 14.4. The van der Waals surface area contributed by atoms with Gasteiger partial charge in [0.25, 0.3) is 11.8 Å². The van der Waals surface area contributed by atoms with Gasteiger partial charge >= 0.3 is 5.69 Å². The first kappa shape index (κ1) is 15.5. The highest BCUT2D eigenvalue weighted by Gasteiger charge is 2.25. The van der Waals surface area contributed by atoms with Crippen molar-refractivity contribution in [2.45, 2.75) is 13.8 Å². The Labute approximate surface area is 117 Å². The minimum Gasteiger partial charge on any atom is -0.476 e. The fourth-order valence-electron chi connectivity index (χ4n) is 1.17. The molecule has 104 valence electrons.